The van der Waals surface area contributed by atoms with Crippen LogP contribution in [0.15, 0.2) is 54.7 Å². The van der Waals surface area contributed by atoms with E-state index >= 15 is 0 Å². The number of nitrogens with zero attached hydrogens (tertiary/aromatic N) is 2. The molecule has 1 amide bonds. The summed E-state index contributed by atoms with van der Waals surface area (Å²) in [4.78, 5) is 12.5. The van der Waals surface area contributed by atoms with Crippen molar-refractivity contribution in [1.82, 2.24) is 15.1 Å². The van der Waals surface area contributed by atoms with Crippen LogP contribution in [0, 0.1) is 6.92 Å². The van der Waals surface area contributed by atoms with Gasteiger partial charge in [0.2, 0.25) is 0 Å². The van der Waals surface area contributed by atoms with E-state index in [1.54, 1.807) is 18.2 Å². The Morgan fingerprint density at radius 2 is 1.89 bits per heavy atom. The van der Waals surface area contributed by atoms with Gasteiger partial charge < -0.3 is 15.5 Å². The number of hydrogen-bond acceptors (Lipinski definition) is 4. The van der Waals surface area contributed by atoms with Crippen LogP contribution in [0.5, 0.6) is 5.75 Å². The highest BCUT2D eigenvalue weighted by Gasteiger charge is 2.14. The van der Waals surface area contributed by atoms with Crippen molar-refractivity contribution < 1.29 is 15.0 Å². The zero-order chi connectivity index (χ0) is 20.3. The SMILES string of the molecule is Cc1nn(C(C)C)cc1-c1cccc(C(=O)NCC(O)c2ccc(O)cc2)c1. The first-order valence-corrected chi connectivity index (χ1v) is 9.26. The fourth-order valence-electron chi connectivity index (χ4n) is 2.96. The van der Waals surface area contributed by atoms with Gasteiger partial charge in [-0.3, -0.25) is 9.48 Å². The molecule has 3 rings (SSSR count). The van der Waals surface area contributed by atoms with Gasteiger partial charge in [0.05, 0.1) is 11.8 Å². The molecule has 6 heteroatoms. The first-order valence-electron chi connectivity index (χ1n) is 9.26. The van der Waals surface area contributed by atoms with Gasteiger partial charge in [0, 0.05) is 29.9 Å². The number of hydrogen-bond donors (Lipinski definition) is 3. The maximum Gasteiger partial charge on any atom is 0.251 e. The van der Waals surface area contributed by atoms with Crippen molar-refractivity contribution in [3.63, 3.8) is 0 Å². The van der Waals surface area contributed by atoms with E-state index in [0.717, 1.165) is 16.8 Å². The molecule has 1 unspecified atom stereocenters. The van der Waals surface area contributed by atoms with Crippen molar-refractivity contribution in [2.24, 2.45) is 0 Å². The predicted molar refractivity (Wildman–Crippen MR) is 108 cm³/mol. The first kappa shape index (κ1) is 19.6. The number of benzene rings is 2. The first-order chi connectivity index (χ1) is 13.3. The fourth-order valence-corrected chi connectivity index (χ4v) is 2.96. The van der Waals surface area contributed by atoms with Gasteiger partial charge in [-0.25, -0.2) is 0 Å². The Morgan fingerprint density at radius 1 is 1.18 bits per heavy atom. The molecule has 146 valence electrons. The summed E-state index contributed by atoms with van der Waals surface area (Å²) in [6, 6.07) is 13.9. The third kappa shape index (κ3) is 4.40. The Bertz CT molecular complexity index is 961. The molecule has 0 saturated carbocycles. The minimum atomic E-state index is -0.848. The molecule has 0 fully saturated rings. The largest absolute Gasteiger partial charge is 0.508 e. The molecule has 3 N–H and O–H groups in total. The topological polar surface area (TPSA) is 87.4 Å². The summed E-state index contributed by atoms with van der Waals surface area (Å²) in [5.74, 6) is -0.124. The van der Waals surface area contributed by atoms with Crippen LogP contribution in [0.4, 0.5) is 0 Å². The van der Waals surface area contributed by atoms with Crippen LogP contribution in [-0.4, -0.2) is 32.4 Å². The minimum absolute atomic E-state index is 0.0815. The van der Waals surface area contributed by atoms with E-state index < -0.39 is 6.10 Å². The summed E-state index contributed by atoms with van der Waals surface area (Å²) in [6.45, 7) is 6.17. The number of phenolic OH excluding ortho intramolecular Hbond substituents is 1. The third-order valence-electron chi connectivity index (χ3n) is 4.62. The Labute approximate surface area is 164 Å². The number of aromatic hydroxyl groups is 1. The number of carbonyl (C=O) groups is 1. The van der Waals surface area contributed by atoms with Crippen molar-refractivity contribution in [3.05, 3.63) is 71.5 Å². The van der Waals surface area contributed by atoms with Crippen LogP contribution >= 0.6 is 0 Å². The number of nitrogens with one attached hydrogen (secondary N) is 1. The highest BCUT2D eigenvalue weighted by atomic mass is 16.3. The second kappa shape index (κ2) is 8.27. The van der Waals surface area contributed by atoms with Gasteiger partial charge in [-0.15, -0.1) is 0 Å². The Kier molecular flexibility index (Phi) is 5.80. The fraction of sp³-hybridized carbons (Fsp3) is 0.273. The quantitative estimate of drug-likeness (QED) is 0.611. The number of aliphatic hydroxyl groups excluding tert-OH is 1. The van der Waals surface area contributed by atoms with Crippen LogP contribution in [0.1, 0.15) is 47.6 Å². The van der Waals surface area contributed by atoms with Gasteiger partial charge in [-0.2, -0.15) is 5.10 Å². The molecule has 2 aromatic carbocycles. The zero-order valence-electron chi connectivity index (χ0n) is 16.3. The van der Waals surface area contributed by atoms with E-state index in [2.05, 4.69) is 24.3 Å². The predicted octanol–water partition coefficient (Wildman–Crippen LogP) is 3.61. The molecule has 0 aliphatic carbocycles. The molecular formula is C22H25N3O3. The molecule has 0 aliphatic rings. The van der Waals surface area contributed by atoms with E-state index in [-0.39, 0.29) is 24.2 Å². The molecule has 0 saturated heterocycles. The van der Waals surface area contributed by atoms with Crippen molar-refractivity contribution >= 4 is 5.91 Å². The molecule has 0 bridgehead atoms. The molecule has 0 spiro atoms. The number of amides is 1. The summed E-state index contributed by atoms with van der Waals surface area (Å²) in [6.07, 6.45) is 1.14. The lowest BCUT2D eigenvalue weighted by atomic mass is 10.0. The molecule has 0 aliphatic heterocycles. The van der Waals surface area contributed by atoms with Gasteiger partial charge >= 0.3 is 0 Å². The zero-order valence-corrected chi connectivity index (χ0v) is 16.3. The lowest BCUT2D eigenvalue weighted by Gasteiger charge is -2.13. The van der Waals surface area contributed by atoms with Gasteiger partial charge in [0.25, 0.3) is 5.91 Å². The van der Waals surface area contributed by atoms with Crippen LogP contribution in [0.25, 0.3) is 11.1 Å². The molecular weight excluding hydrogens is 354 g/mol. The third-order valence-corrected chi connectivity index (χ3v) is 4.62. The number of rotatable bonds is 6. The number of aliphatic hydroxyl groups is 1. The van der Waals surface area contributed by atoms with E-state index in [9.17, 15) is 15.0 Å². The average Bonchev–Trinajstić information content (AvgIpc) is 3.08. The normalized spacial score (nSPS) is 12.2. The van der Waals surface area contributed by atoms with Crippen LogP contribution in [-0.2, 0) is 0 Å². The summed E-state index contributed by atoms with van der Waals surface area (Å²) in [7, 11) is 0. The molecule has 1 aromatic heterocycles. The van der Waals surface area contributed by atoms with E-state index in [4.69, 9.17) is 0 Å². The smallest absolute Gasteiger partial charge is 0.251 e. The average molecular weight is 379 g/mol. The second-order valence-electron chi connectivity index (χ2n) is 7.10. The Hall–Kier alpha value is -3.12. The maximum absolute atomic E-state index is 12.5. The lowest BCUT2D eigenvalue weighted by molar-refractivity contribution is 0.0916. The molecule has 3 aromatic rings. The Morgan fingerprint density at radius 3 is 2.54 bits per heavy atom. The molecule has 0 radical (unpaired) electrons. The van der Waals surface area contributed by atoms with Crippen molar-refractivity contribution in [2.75, 3.05) is 6.54 Å². The minimum Gasteiger partial charge on any atom is -0.508 e. The van der Waals surface area contributed by atoms with Gasteiger partial charge in [0.1, 0.15) is 5.75 Å². The number of aryl methyl sites for hydroxylation is 1. The summed E-state index contributed by atoms with van der Waals surface area (Å²) in [5.41, 5.74) is 3.98. The Balaban J connectivity index is 1.71. The number of aromatic nitrogens is 2. The molecule has 28 heavy (non-hydrogen) atoms. The summed E-state index contributed by atoms with van der Waals surface area (Å²) in [5, 5.41) is 26.8. The molecule has 6 nitrogen and oxygen atoms in total. The number of phenols is 1. The highest BCUT2D eigenvalue weighted by molar-refractivity contribution is 5.95. The van der Waals surface area contributed by atoms with Gasteiger partial charge in [-0.1, -0.05) is 24.3 Å². The molecule has 1 atom stereocenters. The van der Waals surface area contributed by atoms with E-state index in [1.165, 1.54) is 12.1 Å². The van der Waals surface area contributed by atoms with Crippen LogP contribution in [0.2, 0.25) is 0 Å². The maximum atomic E-state index is 12.5. The standard InChI is InChI=1S/C22H25N3O3/c1-14(2)25-13-20(15(3)24-25)17-5-4-6-18(11-17)22(28)23-12-21(27)16-7-9-19(26)10-8-16/h4-11,13-14,21,26-27H,12H2,1-3H3,(H,23,28). The summed E-state index contributed by atoms with van der Waals surface area (Å²) < 4.78 is 1.91. The van der Waals surface area contributed by atoms with Crippen molar-refractivity contribution in [1.29, 1.82) is 0 Å². The van der Waals surface area contributed by atoms with Crippen LogP contribution < -0.4 is 5.32 Å². The van der Waals surface area contributed by atoms with Crippen molar-refractivity contribution in [2.45, 2.75) is 32.9 Å². The van der Waals surface area contributed by atoms with Crippen LogP contribution in [0.3, 0.4) is 0 Å². The number of carbonyl (C=O) groups excluding carboxylic acids is 1. The molecule has 1 heterocycles. The van der Waals surface area contributed by atoms with Gasteiger partial charge in [-0.05, 0) is 56.2 Å². The van der Waals surface area contributed by atoms with Gasteiger partial charge in [0.15, 0.2) is 0 Å². The monoisotopic (exact) mass is 379 g/mol. The summed E-state index contributed by atoms with van der Waals surface area (Å²) >= 11 is 0. The van der Waals surface area contributed by atoms with E-state index in [1.807, 2.05) is 36.0 Å². The lowest BCUT2D eigenvalue weighted by Crippen LogP contribution is -2.28. The second-order valence-corrected chi connectivity index (χ2v) is 7.10. The van der Waals surface area contributed by atoms with Crippen molar-refractivity contribution in [3.8, 4) is 16.9 Å². The van der Waals surface area contributed by atoms with E-state index in [0.29, 0.717) is 11.1 Å². The highest BCUT2D eigenvalue weighted by Crippen LogP contribution is 2.25.